The van der Waals surface area contributed by atoms with Gasteiger partial charge in [-0.2, -0.15) is 18.4 Å². The van der Waals surface area contributed by atoms with Crippen molar-refractivity contribution in [3.63, 3.8) is 0 Å². The Morgan fingerprint density at radius 2 is 1.78 bits per heavy atom. The number of aromatic nitrogens is 3. The molecule has 0 amide bonds. The minimum Gasteiger partial charge on any atom is -0.377 e. The summed E-state index contributed by atoms with van der Waals surface area (Å²) in [6, 6.07) is 12.3. The number of hydrogen-bond acceptors (Lipinski definition) is 4. The molecule has 1 heterocycles. The van der Waals surface area contributed by atoms with E-state index < -0.39 is 11.7 Å². The Morgan fingerprint density at radius 3 is 2.41 bits per heavy atom. The predicted molar refractivity (Wildman–Crippen MR) is 92.3 cm³/mol. The zero-order chi connectivity index (χ0) is 19.4. The van der Waals surface area contributed by atoms with E-state index in [1.54, 1.807) is 6.07 Å². The zero-order valence-corrected chi connectivity index (χ0v) is 14.3. The van der Waals surface area contributed by atoms with Crippen LogP contribution in [0.1, 0.15) is 23.7 Å². The van der Waals surface area contributed by atoms with Gasteiger partial charge in [-0.15, -0.1) is 5.10 Å². The lowest BCUT2D eigenvalue weighted by molar-refractivity contribution is -0.137. The second-order valence-corrected chi connectivity index (χ2v) is 5.78. The summed E-state index contributed by atoms with van der Waals surface area (Å²) in [4.78, 5) is 0. The zero-order valence-electron chi connectivity index (χ0n) is 14.3. The number of ether oxygens (including phenoxy) is 1. The summed E-state index contributed by atoms with van der Waals surface area (Å²) in [6.07, 6.45) is -4.39. The van der Waals surface area contributed by atoms with Gasteiger partial charge < -0.3 is 4.74 Å². The number of benzene rings is 2. The van der Waals surface area contributed by atoms with Gasteiger partial charge in [0.1, 0.15) is 11.8 Å². The molecule has 3 aromatic rings. The first kappa shape index (κ1) is 18.6. The second kappa shape index (κ2) is 7.60. The van der Waals surface area contributed by atoms with Crippen LogP contribution in [-0.4, -0.2) is 22.0 Å². The molecule has 27 heavy (non-hydrogen) atoms. The van der Waals surface area contributed by atoms with Crippen LogP contribution in [0.2, 0.25) is 0 Å². The number of nitriles is 1. The molecule has 0 spiro atoms. The quantitative estimate of drug-likeness (QED) is 0.712. The largest absolute Gasteiger partial charge is 0.416 e. The third-order valence-electron chi connectivity index (χ3n) is 3.95. The van der Waals surface area contributed by atoms with Gasteiger partial charge in [-0.25, -0.2) is 5.10 Å². The third-order valence-corrected chi connectivity index (χ3v) is 3.95. The van der Waals surface area contributed by atoms with E-state index in [0.29, 0.717) is 35.6 Å². The Bertz CT molecular complexity index is 972. The summed E-state index contributed by atoms with van der Waals surface area (Å²) in [5.41, 5.74) is 2.64. The van der Waals surface area contributed by atoms with Crippen LogP contribution >= 0.6 is 0 Å². The molecule has 0 bridgehead atoms. The molecule has 2 aromatic carbocycles. The van der Waals surface area contributed by atoms with Gasteiger partial charge in [-0.3, -0.25) is 0 Å². The number of H-pyrrole nitrogens is 1. The number of rotatable bonds is 5. The van der Waals surface area contributed by atoms with E-state index >= 15 is 0 Å². The SMILES string of the molecule is CCOCc1cc(-c2ccc(C(F)(F)F)cc2)cc(-c2nn[nH]c2C#N)c1. The van der Waals surface area contributed by atoms with Crippen LogP contribution in [0.25, 0.3) is 22.4 Å². The summed E-state index contributed by atoms with van der Waals surface area (Å²) in [5, 5.41) is 19.3. The smallest absolute Gasteiger partial charge is 0.377 e. The molecular weight excluding hydrogens is 357 g/mol. The van der Waals surface area contributed by atoms with E-state index in [0.717, 1.165) is 17.7 Å². The van der Waals surface area contributed by atoms with Crippen molar-refractivity contribution in [3.8, 4) is 28.5 Å². The van der Waals surface area contributed by atoms with Crippen LogP contribution in [0.5, 0.6) is 0 Å². The van der Waals surface area contributed by atoms with Gasteiger partial charge >= 0.3 is 6.18 Å². The molecule has 0 atom stereocenters. The highest BCUT2D eigenvalue weighted by atomic mass is 19.4. The molecule has 0 aliphatic heterocycles. The average Bonchev–Trinajstić information content (AvgIpc) is 3.14. The Morgan fingerprint density at radius 1 is 1.07 bits per heavy atom. The molecule has 5 nitrogen and oxygen atoms in total. The van der Waals surface area contributed by atoms with Crippen molar-refractivity contribution in [3.05, 3.63) is 59.3 Å². The lowest BCUT2D eigenvalue weighted by atomic mass is 9.97. The van der Waals surface area contributed by atoms with Gasteiger partial charge in [0.25, 0.3) is 0 Å². The van der Waals surface area contributed by atoms with Crippen LogP contribution in [0.4, 0.5) is 13.2 Å². The molecule has 1 aromatic heterocycles. The van der Waals surface area contributed by atoms with E-state index in [1.165, 1.54) is 12.1 Å². The van der Waals surface area contributed by atoms with Gasteiger partial charge in [0.15, 0.2) is 5.69 Å². The highest BCUT2D eigenvalue weighted by Gasteiger charge is 2.30. The fourth-order valence-electron chi connectivity index (χ4n) is 2.66. The maximum absolute atomic E-state index is 12.8. The van der Waals surface area contributed by atoms with Crippen molar-refractivity contribution in [1.29, 1.82) is 5.26 Å². The minimum atomic E-state index is -4.39. The van der Waals surface area contributed by atoms with Gasteiger partial charge in [0, 0.05) is 12.2 Å². The lowest BCUT2D eigenvalue weighted by Crippen LogP contribution is -2.04. The fourth-order valence-corrected chi connectivity index (χ4v) is 2.66. The number of alkyl halides is 3. The van der Waals surface area contributed by atoms with E-state index in [1.807, 2.05) is 25.1 Å². The van der Waals surface area contributed by atoms with Crippen molar-refractivity contribution >= 4 is 0 Å². The Kier molecular flexibility index (Phi) is 5.23. The Balaban J connectivity index is 2.06. The third kappa shape index (κ3) is 4.15. The molecule has 0 fully saturated rings. The van der Waals surface area contributed by atoms with E-state index in [2.05, 4.69) is 15.4 Å². The Hall–Kier alpha value is -3.18. The number of nitrogens with zero attached hydrogens (tertiary/aromatic N) is 3. The van der Waals surface area contributed by atoms with Crippen LogP contribution in [0, 0.1) is 11.3 Å². The molecule has 138 valence electrons. The Labute approximate surface area is 153 Å². The minimum absolute atomic E-state index is 0.210. The van der Waals surface area contributed by atoms with Crippen molar-refractivity contribution < 1.29 is 17.9 Å². The van der Waals surface area contributed by atoms with Crippen molar-refractivity contribution in [1.82, 2.24) is 15.4 Å². The number of aromatic amines is 1. The molecule has 3 rings (SSSR count). The highest BCUT2D eigenvalue weighted by molar-refractivity contribution is 5.74. The first-order valence-electron chi connectivity index (χ1n) is 8.13. The van der Waals surface area contributed by atoms with Crippen LogP contribution < -0.4 is 0 Å². The van der Waals surface area contributed by atoms with Gasteiger partial charge in [0.05, 0.1) is 12.2 Å². The summed E-state index contributed by atoms with van der Waals surface area (Å²) >= 11 is 0. The molecule has 0 radical (unpaired) electrons. The molecule has 0 aliphatic carbocycles. The van der Waals surface area contributed by atoms with Crippen molar-refractivity contribution in [2.24, 2.45) is 0 Å². The predicted octanol–water partition coefficient (Wildman–Crippen LogP) is 4.57. The number of halogens is 3. The molecule has 0 saturated carbocycles. The van der Waals surface area contributed by atoms with Crippen LogP contribution in [0.3, 0.4) is 0 Å². The normalized spacial score (nSPS) is 11.4. The molecule has 0 unspecified atom stereocenters. The summed E-state index contributed by atoms with van der Waals surface area (Å²) in [6.45, 7) is 2.72. The number of hydrogen-bond donors (Lipinski definition) is 1. The average molecular weight is 372 g/mol. The van der Waals surface area contributed by atoms with Crippen molar-refractivity contribution in [2.75, 3.05) is 6.61 Å². The highest BCUT2D eigenvalue weighted by Crippen LogP contribution is 2.33. The van der Waals surface area contributed by atoms with E-state index in [-0.39, 0.29) is 5.69 Å². The van der Waals surface area contributed by atoms with Gasteiger partial charge in [-0.1, -0.05) is 17.3 Å². The number of nitrogens with one attached hydrogen (secondary N) is 1. The molecular formula is C19H15F3N4O. The topological polar surface area (TPSA) is 74.6 Å². The lowest BCUT2D eigenvalue weighted by Gasteiger charge is -2.11. The summed E-state index contributed by atoms with van der Waals surface area (Å²) in [7, 11) is 0. The first-order chi connectivity index (χ1) is 12.9. The van der Waals surface area contributed by atoms with Crippen molar-refractivity contribution in [2.45, 2.75) is 19.7 Å². The summed E-state index contributed by atoms with van der Waals surface area (Å²) in [5.74, 6) is 0. The van der Waals surface area contributed by atoms with E-state index in [4.69, 9.17) is 4.74 Å². The first-order valence-corrected chi connectivity index (χ1v) is 8.13. The molecule has 0 aliphatic rings. The monoisotopic (exact) mass is 372 g/mol. The molecule has 0 saturated heterocycles. The maximum atomic E-state index is 12.8. The van der Waals surface area contributed by atoms with Crippen LogP contribution in [0.15, 0.2) is 42.5 Å². The maximum Gasteiger partial charge on any atom is 0.416 e. The standard InChI is InChI=1S/C19H15F3N4O/c1-2-27-11-12-7-14(13-3-5-16(6-4-13)19(20,21)22)9-15(8-12)18-17(10-23)24-26-25-18/h3-9H,2,11H2,1H3,(H,24,25,26). The second-order valence-electron chi connectivity index (χ2n) is 5.78. The van der Waals surface area contributed by atoms with E-state index in [9.17, 15) is 18.4 Å². The van der Waals surface area contributed by atoms with Gasteiger partial charge in [0.2, 0.25) is 0 Å². The van der Waals surface area contributed by atoms with Crippen LogP contribution in [-0.2, 0) is 17.5 Å². The fraction of sp³-hybridized carbons (Fsp3) is 0.211. The molecule has 1 N–H and O–H groups in total. The molecule has 8 heteroatoms. The van der Waals surface area contributed by atoms with Gasteiger partial charge in [-0.05, 0) is 53.9 Å². The summed E-state index contributed by atoms with van der Waals surface area (Å²) < 4.78 is 43.8.